The first-order valence-corrected chi connectivity index (χ1v) is 8.74. The van der Waals surface area contributed by atoms with Gasteiger partial charge in [-0.3, -0.25) is 0 Å². The highest BCUT2D eigenvalue weighted by atomic mass is 32.2. The fourth-order valence-electron chi connectivity index (χ4n) is 3.33. The first-order chi connectivity index (χ1) is 9.60. The summed E-state index contributed by atoms with van der Waals surface area (Å²) in [5.74, 6) is 0. The molecule has 0 aromatic heterocycles. The van der Waals surface area contributed by atoms with Crippen molar-refractivity contribution < 1.29 is 13.2 Å². The zero-order chi connectivity index (χ0) is 14.2. The smallest absolute Gasteiger partial charge is 0.243 e. The van der Waals surface area contributed by atoms with Crippen molar-refractivity contribution in [2.24, 2.45) is 0 Å². The summed E-state index contributed by atoms with van der Waals surface area (Å²) in [5.41, 5.74) is 0.811. The molecule has 1 saturated heterocycles. The Bertz CT molecular complexity index is 583. The van der Waals surface area contributed by atoms with Gasteiger partial charge in [-0.05, 0) is 31.4 Å². The van der Waals surface area contributed by atoms with Gasteiger partial charge in [0.15, 0.2) is 0 Å². The molecule has 3 rings (SSSR count). The van der Waals surface area contributed by atoms with Crippen LogP contribution < -0.4 is 0 Å². The predicted molar refractivity (Wildman–Crippen MR) is 77.1 cm³/mol. The van der Waals surface area contributed by atoms with E-state index in [9.17, 15) is 8.42 Å². The Balaban J connectivity index is 1.96. The van der Waals surface area contributed by atoms with Crippen LogP contribution in [0.5, 0.6) is 0 Å². The molecule has 5 heteroatoms. The van der Waals surface area contributed by atoms with Gasteiger partial charge < -0.3 is 4.74 Å². The Morgan fingerprint density at radius 1 is 1.20 bits per heavy atom. The van der Waals surface area contributed by atoms with Crippen LogP contribution in [0.15, 0.2) is 29.2 Å². The fraction of sp³-hybridized carbons (Fsp3) is 0.600. The largest absolute Gasteiger partial charge is 0.375 e. The van der Waals surface area contributed by atoms with Crippen molar-refractivity contribution in [1.29, 1.82) is 0 Å². The summed E-state index contributed by atoms with van der Waals surface area (Å²) in [7, 11) is -3.41. The fourth-order valence-corrected chi connectivity index (χ4v) is 5.22. The third-order valence-corrected chi connectivity index (χ3v) is 6.45. The Morgan fingerprint density at radius 3 is 2.75 bits per heavy atom. The lowest BCUT2D eigenvalue weighted by Crippen LogP contribution is -2.54. The molecule has 2 fully saturated rings. The van der Waals surface area contributed by atoms with E-state index in [0.717, 1.165) is 31.2 Å². The number of hydrogen-bond acceptors (Lipinski definition) is 3. The van der Waals surface area contributed by atoms with Crippen molar-refractivity contribution in [2.75, 3.05) is 13.2 Å². The molecule has 0 amide bonds. The van der Waals surface area contributed by atoms with Gasteiger partial charge in [0.1, 0.15) is 0 Å². The molecule has 1 aromatic rings. The molecule has 1 aromatic carbocycles. The molecule has 0 bridgehead atoms. The monoisotopic (exact) mass is 295 g/mol. The number of fused-ring (bicyclic) bond motifs is 1. The standard InChI is InChI=1S/C15H21NO3S/c1-12-6-2-5-9-15(12)20(17,18)16-10-11-19-14-8-4-3-7-13(14)16/h2,5-6,9,13-14H,3-4,7-8,10-11H2,1H3. The second kappa shape index (κ2) is 5.47. The minimum atomic E-state index is -3.41. The zero-order valence-electron chi connectivity index (χ0n) is 11.8. The van der Waals surface area contributed by atoms with E-state index in [4.69, 9.17) is 4.74 Å². The molecule has 4 nitrogen and oxygen atoms in total. The average molecular weight is 295 g/mol. The van der Waals surface area contributed by atoms with Crippen LogP contribution in [0.4, 0.5) is 0 Å². The topological polar surface area (TPSA) is 46.6 Å². The van der Waals surface area contributed by atoms with Crippen LogP contribution in [0.2, 0.25) is 0 Å². The number of morpholine rings is 1. The first-order valence-electron chi connectivity index (χ1n) is 7.30. The molecule has 2 aliphatic rings. The van der Waals surface area contributed by atoms with Crippen LogP contribution in [0.1, 0.15) is 31.2 Å². The first kappa shape index (κ1) is 14.0. The van der Waals surface area contributed by atoms with E-state index in [1.165, 1.54) is 0 Å². The summed E-state index contributed by atoms with van der Waals surface area (Å²) < 4.78 is 33.3. The number of sulfonamides is 1. The van der Waals surface area contributed by atoms with Crippen LogP contribution in [-0.2, 0) is 14.8 Å². The third-order valence-electron chi connectivity index (χ3n) is 4.36. The number of aryl methyl sites for hydroxylation is 1. The molecular formula is C15H21NO3S. The number of hydrogen-bond donors (Lipinski definition) is 0. The van der Waals surface area contributed by atoms with Crippen LogP contribution in [-0.4, -0.2) is 38.0 Å². The van der Waals surface area contributed by atoms with Crippen molar-refractivity contribution in [3.8, 4) is 0 Å². The molecule has 0 radical (unpaired) electrons. The zero-order valence-corrected chi connectivity index (χ0v) is 12.6. The maximum Gasteiger partial charge on any atom is 0.243 e. The molecule has 1 heterocycles. The SMILES string of the molecule is Cc1ccccc1S(=O)(=O)N1CCOC2CCCCC21. The minimum absolute atomic E-state index is 0.0158. The van der Waals surface area contributed by atoms with Gasteiger partial charge in [0.25, 0.3) is 0 Å². The predicted octanol–water partition coefficient (Wildman–Crippen LogP) is 2.33. The second-order valence-electron chi connectivity index (χ2n) is 5.64. The van der Waals surface area contributed by atoms with Crippen molar-refractivity contribution in [3.05, 3.63) is 29.8 Å². The summed E-state index contributed by atoms with van der Waals surface area (Å²) in [4.78, 5) is 0.436. The number of ether oxygens (including phenoxy) is 1. The Hall–Kier alpha value is -0.910. The summed E-state index contributed by atoms with van der Waals surface area (Å²) in [6.45, 7) is 2.83. The minimum Gasteiger partial charge on any atom is -0.375 e. The van der Waals surface area contributed by atoms with E-state index in [2.05, 4.69) is 0 Å². The van der Waals surface area contributed by atoms with Crippen LogP contribution in [0, 0.1) is 6.92 Å². The van der Waals surface area contributed by atoms with E-state index < -0.39 is 10.0 Å². The van der Waals surface area contributed by atoms with Gasteiger partial charge in [-0.1, -0.05) is 31.0 Å². The molecule has 110 valence electrons. The normalized spacial score (nSPS) is 28.1. The number of benzene rings is 1. The van der Waals surface area contributed by atoms with E-state index in [1.807, 2.05) is 19.1 Å². The second-order valence-corrected chi connectivity index (χ2v) is 7.50. The van der Waals surface area contributed by atoms with E-state index in [-0.39, 0.29) is 12.1 Å². The van der Waals surface area contributed by atoms with E-state index in [1.54, 1.807) is 16.4 Å². The lowest BCUT2D eigenvalue weighted by molar-refractivity contribution is -0.0586. The average Bonchev–Trinajstić information content (AvgIpc) is 2.47. The number of rotatable bonds is 2. The highest BCUT2D eigenvalue weighted by Crippen LogP contribution is 2.32. The summed E-state index contributed by atoms with van der Waals surface area (Å²) in [6, 6.07) is 7.24. The summed E-state index contributed by atoms with van der Waals surface area (Å²) in [6.07, 6.45) is 4.19. The van der Waals surface area contributed by atoms with Gasteiger partial charge in [-0.15, -0.1) is 0 Å². The third kappa shape index (κ3) is 2.38. The molecule has 1 saturated carbocycles. The van der Waals surface area contributed by atoms with E-state index >= 15 is 0 Å². The Labute approximate surface area is 120 Å². The molecule has 0 N–H and O–H groups in total. The molecule has 0 spiro atoms. The lowest BCUT2D eigenvalue weighted by atomic mass is 9.91. The van der Waals surface area contributed by atoms with Gasteiger partial charge >= 0.3 is 0 Å². The molecule has 2 unspecified atom stereocenters. The number of nitrogens with zero attached hydrogens (tertiary/aromatic N) is 1. The lowest BCUT2D eigenvalue weighted by Gasteiger charge is -2.42. The van der Waals surface area contributed by atoms with Crippen LogP contribution >= 0.6 is 0 Å². The van der Waals surface area contributed by atoms with Crippen molar-refractivity contribution in [1.82, 2.24) is 4.31 Å². The van der Waals surface area contributed by atoms with Gasteiger partial charge in [0.2, 0.25) is 10.0 Å². The molecule has 1 aliphatic heterocycles. The highest BCUT2D eigenvalue weighted by molar-refractivity contribution is 7.89. The quantitative estimate of drug-likeness (QED) is 0.841. The van der Waals surface area contributed by atoms with Crippen LogP contribution in [0.25, 0.3) is 0 Å². The van der Waals surface area contributed by atoms with Crippen LogP contribution in [0.3, 0.4) is 0 Å². The van der Waals surface area contributed by atoms with Crippen molar-refractivity contribution >= 4 is 10.0 Å². The van der Waals surface area contributed by atoms with Gasteiger partial charge in [0, 0.05) is 6.54 Å². The summed E-state index contributed by atoms with van der Waals surface area (Å²) in [5, 5.41) is 0. The van der Waals surface area contributed by atoms with Gasteiger partial charge in [-0.25, -0.2) is 8.42 Å². The maximum atomic E-state index is 12.9. The molecule has 20 heavy (non-hydrogen) atoms. The van der Waals surface area contributed by atoms with Gasteiger partial charge in [-0.2, -0.15) is 4.31 Å². The molecule has 1 aliphatic carbocycles. The van der Waals surface area contributed by atoms with Crippen molar-refractivity contribution in [2.45, 2.75) is 49.6 Å². The van der Waals surface area contributed by atoms with E-state index in [0.29, 0.717) is 18.0 Å². The van der Waals surface area contributed by atoms with Gasteiger partial charge in [0.05, 0.1) is 23.6 Å². The Kier molecular flexibility index (Phi) is 3.84. The molecule has 2 atom stereocenters. The maximum absolute atomic E-state index is 12.9. The highest BCUT2D eigenvalue weighted by Gasteiger charge is 2.41. The summed E-state index contributed by atoms with van der Waals surface area (Å²) >= 11 is 0. The molecular weight excluding hydrogens is 274 g/mol. The van der Waals surface area contributed by atoms with Crippen molar-refractivity contribution in [3.63, 3.8) is 0 Å². The Morgan fingerprint density at radius 2 is 1.95 bits per heavy atom.